The van der Waals surface area contributed by atoms with Gasteiger partial charge < -0.3 is 19.5 Å². The van der Waals surface area contributed by atoms with Crippen molar-refractivity contribution in [2.24, 2.45) is 7.05 Å². The Morgan fingerprint density at radius 1 is 1.30 bits per heavy atom. The van der Waals surface area contributed by atoms with Crippen molar-refractivity contribution < 1.29 is 9.53 Å². The number of amides is 1. The molecule has 0 bridgehead atoms. The summed E-state index contributed by atoms with van der Waals surface area (Å²) in [6.07, 6.45) is 8.27. The minimum absolute atomic E-state index is 0.00397. The van der Waals surface area contributed by atoms with E-state index in [1.807, 2.05) is 43.2 Å². The van der Waals surface area contributed by atoms with E-state index < -0.39 is 0 Å². The number of carbonyl (C=O) groups excluding carboxylic acids is 1. The monoisotopic (exact) mass is 465 g/mol. The molecule has 1 aliphatic rings. The van der Waals surface area contributed by atoms with Crippen molar-refractivity contribution in [3.05, 3.63) is 52.4 Å². The number of hydrogen-bond donors (Lipinski definition) is 1. The maximum atomic E-state index is 12.3. The molecule has 1 saturated heterocycles. The van der Waals surface area contributed by atoms with Crippen LogP contribution in [0.2, 0.25) is 0 Å². The number of rotatable bonds is 6. The first-order valence-electron chi connectivity index (χ1n) is 11.0. The Balaban J connectivity index is 1.51. The summed E-state index contributed by atoms with van der Waals surface area (Å²) in [5, 5.41) is 9.87. The van der Waals surface area contributed by atoms with Gasteiger partial charge >= 0.3 is 0 Å². The van der Waals surface area contributed by atoms with Gasteiger partial charge in [0.15, 0.2) is 5.82 Å². The molecule has 5 heterocycles. The van der Waals surface area contributed by atoms with Gasteiger partial charge in [0.1, 0.15) is 11.3 Å². The van der Waals surface area contributed by atoms with Crippen LogP contribution in [0.1, 0.15) is 33.9 Å². The normalized spacial score (nSPS) is 14.6. The maximum Gasteiger partial charge on any atom is 0.254 e. The van der Waals surface area contributed by atoms with E-state index in [1.54, 1.807) is 35.0 Å². The standard InChI is InChI=1S/C23H27N7O2S/c1-28(2)23(31)15-10-18(33-14-15)11-20-26-19-4-7-30(17-12-24-29(3)13-17)21(19)22(27-20)25-16-5-8-32-9-6-16/h4,7,10,12-14,16H,5-6,8-9,11H2,1-3H3,(H,25,26,27). The van der Waals surface area contributed by atoms with E-state index in [4.69, 9.17) is 14.7 Å². The number of hydrogen-bond acceptors (Lipinski definition) is 7. The van der Waals surface area contributed by atoms with Crippen molar-refractivity contribution in [1.82, 2.24) is 29.2 Å². The molecule has 172 valence electrons. The number of fused-ring (bicyclic) bond motifs is 1. The van der Waals surface area contributed by atoms with Gasteiger partial charge in [-0.1, -0.05) is 0 Å². The molecular weight excluding hydrogens is 438 g/mol. The number of ether oxygens (including phenoxy) is 1. The topological polar surface area (TPSA) is 90.1 Å². The fourth-order valence-corrected chi connectivity index (χ4v) is 4.91. The molecule has 0 spiro atoms. The Labute approximate surface area is 196 Å². The number of thiophene rings is 1. The smallest absolute Gasteiger partial charge is 0.254 e. The molecule has 9 nitrogen and oxygen atoms in total. The predicted octanol–water partition coefficient (Wildman–Crippen LogP) is 3.10. The number of nitrogens with one attached hydrogen (secondary N) is 1. The van der Waals surface area contributed by atoms with Gasteiger partial charge in [-0.2, -0.15) is 5.10 Å². The van der Waals surface area contributed by atoms with Gasteiger partial charge in [-0.25, -0.2) is 9.97 Å². The highest BCUT2D eigenvalue weighted by atomic mass is 32.1. The number of nitrogens with zero attached hydrogens (tertiary/aromatic N) is 6. The Kier molecular flexibility index (Phi) is 5.86. The van der Waals surface area contributed by atoms with Crippen LogP contribution in [0.4, 0.5) is 5.82 Å². The molecule has 0 aliphatic carbocycles. The summed E-state index contributed by atoms with van der Waals surface area (Å²) in [6.45, 7) is 1.50. The molecule has 1 amide bonds. The summed E-state index contributed by atoms with van der Waals surface area (Å²) >= 11 is 1.56. The Morgan fingerprint density at radius 3 is 2.85 bits per heavy atom. The van der Waals surface area contributed by atoms with Gasteiger partial charge in [-0.05, 0) is 25.0 Å². The maximum absolute atomic E-state index is 12.3. The van der Waals surface area contributed by atoms with Crippen LogP contribution in [-0.4, -0.2) is 68.5 Å². The largest absolute Gasteiger partial charge is 0.381 e. The molecule has 33 heavy (non-hydrogen) atoms. The van der Waals surface area contributed by atoms with E-state index in [0.29, 0.717) is 18.0 Å². The highest BCUT2D eigenvalue weighted by molar-refractivity contribution is 7.10. The average molecular weight is 466 g/mol. The second kappa shape index (κ2) is 8.95. The lowest BCUT2D eigenvalue weighted by Crippen LogP contribution is -2.28. The van der Waals surface area contributed by atoms with Crippen LogP contribution in [0.25, 0.3) is 16.7 Å². The molecule has 10 heteroatoms. The quantitative estimate of drug-likeness (QED) is 0.471. The highest BCUT2D eigenvalue weighted by Crippen LogP contribution is 2.28. The molecule has 4 aromatic heterocycles. The van der Waals surface area contributed by atoms with Crippen LogP contribution in [0.5, 0.6) is 0 Å². The molecule has 5 rings (SSSR count). The second-order valence-electron chi connectivity index (χ2n) is 8.49. The van der Waals surface area contributed by atoms with E-state index in [9.17, 15) is 4.79 Å². The first-order chi connectivity index (χ1) is 16.0. The molecule has 0 aromatic carbocycles. The lowest BCUT2D eigenvalue weighted by atomic mass is 10.1. The summed E-state index contributed by atoms with van der Waals surface area (Å²) in [6, 6.07) is 4.25. The van der Waals surface area contributed by atoms with Crippen molar-refractivity contribution in [3.63, 3.8) is 0 Å². The first kappa shape index (κ1) is 21.6. The summed E-state index contributed by atoms with van der Waals surface area (Å²) in [5.74, 6) is 1.55. The lowest BCUT2D eigenvalue weighted by Gasteiger charge is -2.24. The molecule has 1 aliphatic heterocycles. The average Bonchev–Trinajstić information content (AvgIpc) is 3.53. The first-order valence-corrected chi connectivity index (χ1v) is 11.9. The van der Waals surface area contributed by atoms with E-state index in [-0.39, 0.29) is 5.91 Å². The Hall–Kier alpha value is -3.24. The SMILES string of the molecule is CN(C)C(=O)c1csc(Cc2nc(NC3CCOCC3)c3c(ccn3-c3cnn(C)c3)n2)c1. The van der Waals surface area contributed by atoms with Gasteiger partial charge in [0.2, 0.25) is 0 Å². The van der Waals surface area contributed by atoms with E-state index >= 15 is 0 Å². The molecule has 4 aromatic rings. The van der Waals surface area contributed by atoms with Crippen LogP contribution in [-0.2, 0) is 18.2 Å². The number of carbonyl (C=O) groups is 1. The van der Waals surface area contributed by atoms with Crippen LogP contribution < -0.4 is 5.32 Å². The zero-order valence-electron chi connectivity index (χ0n) is 19.0. The summed E-state index contributed by atoms with van der Waals surface area (Å²) in [5.41, 5.74) is 3.47. The van der Waals surface area contributed by atoms with Gasteiger partial charge in [-0.15, -0.1) is 11.3 Å². The van der Waals surface area contributed by atoms with Gasteiger partial charge in [0.25, 0.3) is 5.91 Å². The Morgan fingerprint density at radius 2 is 2.12 bits per heavy atom. The summed E-state index contributed by atoms with van der Waals surface area (Å²) < 4.78 is 9.39. The molecular formula is C23H27N7O2S. The van der Waals surface area contributed by atoms with Crippen molar-refractivity contribution >= 4 is 34.1 Å². The molecule has 1 fully saturated rings. The van der Waals surface area contributed by atoms with Crippen LogP contribution in [0.3, 0.4) is 0 Å². The van der Waals surface area contributed by atoms with E-state index in [1.165, 1.54) is 0 Å². The van der Waals surface area contributed by atoms with E-state index in [0.717, 1.165) is 59.3 Å². The molecule has 0 radical (unpaired) electrons. The number of anilines is 1. The van der Waals surface area contributed by atoms with Crippen molar-refractivity contribution in [2.75, 3.05) is 32.6 Å². The van der Waals surface area contributed by atoms with Gasteiger partial charge in [0.05, 0.1) is 23.0 Å². The predicted molar refractivity (Wildman–Crippen MR) is 128 cm³/mol. The second-order valence-corrected chi connectivity index (χ2v) is 9.49. The zero-order chi connectivity index (χ0) is 22.9. The fourth-order valence-electron chi connectivity index (χ4n) is 4.06. The third-order valence-electron chi connectivity index (χ3n) is 5.75. The van der Waals surface area contributed by atoms with Crippen molar-refractivity contribution in [1.29, 1.82) is 0 Å². The molecule has 0 atom stereocenters. The fraction of sp³-hybridized carbons (Fsp3) is 0.391. The number of aryl methyl sites for hydroxylation is 1. The Bertz CT molecular complexity index is 1280. The van der Waals surface area contributed by atoms with Crippen molar-refractivity contribution in [2.45, 2.75) is 25.3 Å². The molecule has 1 N–H and O–H groups in total. The van der Waals surface area contributed by atoms with Crippen LogP contribution in [0, 0.1) is 0 Å². The van der Waals surface area contributed by atoms with E-state index in [2.05, 4.69) is 15.0 Å². The molecule has 0 saturated carbocycles. The molecule has 0 unspecified atom stereocenters. The number of aromatic nitrogens is 5. The third-order valence-corrected chi connectivity index (χ3v) is 6.69. The summed E-state index contributed by atoms with van der Waals surface area (Å²) in [4.78, 5) is 24.7. The van der Waals surface area contributed by atoms with Crippen molar-refractivity contribution in [3.8, 4) is 5.69 Å². The highest BCUT2D eigenvalue weighted by Gasteiger charge is 2.20. The summed E-state index contributed by atoms with van der Waals surface area (Å²) in [7, 11) is 5.43. The van der Waals surface area contributed by atoms with Crippen LogP contribution >= 0.6 is 11.3 Å². The minimum atomic E-state index is 0.00397. The lowest BCUT2D eigenvalue weighted by molar-refractivity contribution is 0.0828. The van der Waals surface area contributed by atoms with Gasteiger partial charge in [0, 0.05) is 69.5 Å². The zero-order valence-corrected chi connectivity index (χ0v) is 19.8. The van der Waals surface area contributed by atoms with Crippen LogP contribution in [0.15, 0.2) is 36.1 Å². The third kappa shape index (κ3) is 4.49. The minimum Gasteiger partial charge on any atom is -0.381 e. The van der Waals surface area contributed by atoms with Gasteiger partial charge in [-0.3, -0.25) is 9.48 Å².